The second-order valence-corrected chi connectivity index (χ2v) is 8.82. The number of carbonyl (C=O) groups excluding carboxylic acids is 2. The van der Waals surface area contributed by atoms with Crippen LogP contribution in [0.3, 0.4) is 0 Å². The standard InChI is InChI=1S/C27H24Cl2N4O3/c1-2-36-24(34)16-30-27(31-26(35)20-10-14-22(29)15-11-20)33-17-23(18-6-4-3-5-7-18)25(32-33)19-8-12-21(28)13-9-19/h3-15,23H,2,16-17H2,1H3,(H,30,31,35). The van der Waals surface area contributed by atoms with Crippen molar-refractivity contribution in [2.24, 2.45) is 10.1 Å². The fourth-order valence-electron chi connectivity index (χ4n) is 3.77. The number of esters is 1. The molecule has 0 aromatic heterocycles. The Balaban J connectivity index is 1.68. The van der Waals surface area contributed by atoms with Gasteiger partial charge in [0.2, 0.25) is 5.96 Å². The number of benzene rings is 3. The Morgan fingerprint density at radius 1 is 1.00 bits per heavy atom. The van der Waals surface area contributed by atoms with Crippen LogP contribution in [0.4, 0.5) is 0 Å². The molecule has 3 aromatic carbocycles. The average molecular weight is 523 g/mol. The van der Waals surface area contributed by atoms with Gasteiger partial charge in [0.25, 0.3) is 5.91 Å². The third-order valence-corrected chi connectivity index (χ3v) is 6.00. The van der Waals surface area contributed by atoms with Crippen LogP contribution in [0.2, 0.25) is 10.0 Å². The molecular formula is C27H24Cl2N4O3. The third-order valence-electron chi connectivity index (χ3n) is 5.50. The first-order valence-corrected chi connectivity index (χ1v) is 12.1. The number of ether oxygens (including phenoxy) is 1. The number of rotatable bonds is 6. The zero-order valence-corrected chi connectivity index (χ0v) is 21.0. The summed E-state index contributed by atoms with van der Waals surface area (Å²) in [5.74, 6) is -0.863. The Hall–Kier alpha value is -3.68. The van der Waals surface area contributed by atoms with Crippen molar-refractivity contribution in [3.05, 3.63) is 106 Å². The Kier molecular flexibility index (Phi) is 8.36. The van der Waals surface area contributed by atoms with Crippen molar-refractivity contribution in [3.63, 3.8) is 0 Å². The first-order chi connectivity index (χ1) is 17.4. The Morgan fingerprint density at radius 2 is 1.64 bits per heavy atom. The van der Waals surface area contributed by atoms with Crippen LogP contribution in [0, 0.1) is 0 Å². The predicted octanol–water partition coefficient (Wildman–Crippen LogP) is 5.15. The number of hydrogen-bond donors (Lipinski definition) is 1. The molecule has 1 aliphatic rings. The maximum atomic E-state index is 13.0. The number of hydrogen-bond acceptors (Lipinski definition) is 5. The molecule has 7 nitrogen and oxygen atoms in total. The summed E-state index contributed by atoms with van der Waals surface area (Å²) in [5.41, 5.74) is 3.14. The van der Waals surface area contributed by atoms with E-state index in [0.29, 0.717) is 22.2 Å². The smallest absolute Gasteiger partial charge is 0.327 e. The Morgan fingerprint density at radius 3 is 2.28 bits per heavy atom. The molecule has 4 rings (SSSR count). The van der Waals surface area contributed by atoms with E-state index in [1.165, 1.54) is 0 Å². The van der Waals surface area contributed by atoms with Crippen LogP contribution in [0.1, 0.15) is 34.3 Å². The van der Waals surface area contributed by atoms with E-state index in [1.807, 2.05) is 54.6 Å². The van der Waals surface area contributed by atoms with Gasteiger partial charge < -0.3 is 4.74 Å². The predicted molar refractivity (Wildman–Crippen MR) is 142 cm³/mol. The molecule has 0 bridgehead atoms. The van der Waals surface area contributed by atoms with E-state index in [0.717, 1.165) is 16.8 Å². The average Bonchev–Trinajstić information content (AvgIpc) is 3.33. The largest absolute Gasteiger partial charge is 0.465 e. The summed E-state index contributed by atoms with van der Waals surface area (Å²) in [6, 6.07) is 23.9. The van der Waals surface area contributed by atoms with Gasteiger partial charge in [-0.05, 0) is 54.4 Å². The monoisotopic (exact) mass is 522 g/mol. The minimum atomic E-state index is -0.503. The molecule has 3 aromatic rings. The van der Waals surface area contributed by atoms with Crippen molar-refractivity contribution in [2.45, 2.75) is 12.8 Å². The summed E-state index contributed by atoms with van der Waals surface area (Å²) in [5, 5.41) is 10.4. The van der Waals surface area contributed by atoms with Gasteiger partial charge >= 0.3 is 5.97 Å². The van der Waals surface area contributed by atoms with Gasteiger partial charge in [-0.15, -0.1) is 0 Å². The maximum Gasteiger partial charge on any atom is 0.327 e. The molecule has 184 valence electrons. The Labute approximate surface area is 219 Å². The molecule has 0 spiro atoms. The third kappa shape index (κ3) is 6.30. The summed E-state index contributed by atoms with van der Waals surface area (Å²) in [6.07, 6.45) is 0. The van der Waals surface area contributed by atoms with Crippen molar-refractivity contribution in [1.82, 2.24) is 10.3 Å². The number of guanidine groups is 1. The fourth-order valence-corrected chi connectivity index (χ4v) is 4.02. The van der Waals surface area contributed by atoms with Gasteiger partial charge in [0.05, 0.1) is 18.9 Å². The number of amides is 1. The molecule has 1 heterocycles. The first-order valence-electron chi connectivity index (χ1n) is 11.4. The lowest BCUT2D eigenvalue weighted by atomic mass is 9.91. The normalized spacial score (nSPS) is 15.4. The number of halogens is 2. The van der Waals surface area contributed by atoms with E-state index in [4.69, 9.17) is 33.0 Å². The van der Waals surface area contributed by atoms with Crippen molar-refractivity contribution >= 4 is 46.7 Å². The number of nitrogens with zero attached hydrogens (tertiary/aromatic N) is 3. The van der Waals surface area contributed by atoms with E-state index in [1.54, 1.807) is 36.2 Å². The molecule has 1 unspecified atom stereocenters. The number of hydrazone groups is 1. The summed E-state index contributed by atoms with van der Waals surface area (Å²) in [6.45, 7) is 2.10. The van der Waals surface area contributed by atoms with Crippen LogP contribution in [0.25, 0.3) is 0 Å². The van der Waals surface area contributed by atoms with Gasteiger partial charge in [-0.2, -0.15) is 5.10 Å². The van der Waals surface area contributed by atoms with Crippen molar-refractivity contribution in [2.75, 3.05) is 19.7 Å². The minimum Gasteiger partial charge on any atom is -0.465 e. The first kappa shape index (κ1) is 25.4. The van der Waals surface area contributed by atoms with Crippen LogP contribution in [0.5, 0.6) is 0 Å². The highest BCUT2D eigenvalue weighted by atomic mass is 35.5. The molecule has 1 atom stereocenters. The SMILES string of the molecule is CCOC(=O)CN=C(NC(=O)c1ccc(Cl)cc1)N1CC(c2ccccc2)C(c2ccc(Cl)cc2)=N1. The van der Waals surface area contributed by atoms with Gasteiger partial charge in [0.1, 0.15) is 6.54 Å². The summed E-state index contributed by atoms with van der Waals surface area (Å²) in [7, 11) is 0. The minimum absolute atomic E-state index is 0.104. The van der Waals surface area contributed by atoms with E-state index < -0.39 is 11.9 Å². The number of carbonyl (C=O) groups is 2. The van der Waals surface area contributed by atoms with Crippen molar-refractivity contribution in [3.8, 4) is 0 Å². The van der Waals surface area contributed by atoms with Gasteiger partial charge in [-0.25, -0.2) is 10.0 Å². The summed E-state index contributed by atoms with van der Waals surface area (Å²) in [4.78, 5) is 29.4. The van der Waals surface area contributed by atoms with Crippen LogP contribution < -0.4 is 5.32 Å². The van der Waals surface area contributed by atoms with Gasteiger partial charge in [0.15, 0.2) is 0 Å². The molecule has 1 amide bonds. The van der Waals surface area contributed by atoms with Crippen LogP contribution >= 0.6 is 23.2 Å². The molecule has 1 aliphatic heterocycles. The van der Waals surface area contributed by atoms with Crippen LogP contribution in [-0.2, 0) is 9.53 Å². The number of nitrogens with one attached hydrogen (secondary N) is 1. The molecule has 9 heteroatoms. The van der Waals surface area contributed by atoms with E-state index >= 15 is 0 Å². The van der Waals surface area contributed by atoms with E-state index in [2.05, 4.69) is 10.3 Å². The Bertz CT molecular complexity index is 1280. The topological polar surface area (TPSA) is 83.4 Å². The number of aliphatic imine (C=N–C) groups is 1. The second kappa shape index (κ2) is 11.8. The molecule has 0 saturated heterocycles. The molecule has 0 fully saturated rings. The molecule has 1 N–H and O–H groups in total. The highest BCUT2D eigenvalue weighted by Crippen LogP contribution is 2.29. The maximum absolute atomic E-state index is 13.0. The molecule has 36 heavy (non-hydrogen) atoms. The van der Waals surface area contributed by atoms with Crippen molar-refractivity contribution in [1.29, 1.82) is 0 Å². The van der Waals surface area contributed by atoms with Gasteiger partial charge in [-0.1, -0.05) is 65.7 Å². The molecule has 0 saturated carbocycles. The van der Waals surface area contributed by atoms with Crippen molar-refractivity contribution < 1.29 is 14.3 Å². The van der Waals surface area contributed by atoms with Gasteiger partial charge in [-0.3, -0.25) is 14.9 Å². The molecular weight excluding hydrogens is 499 g/mol. The zero-order chi connectivity index (χ0) is 25.5. The highest BCUT2D eigenvalue weighted by molar-refractivity contribution is 6.31. The zero-order valence-electron chi connectivity index (χ0n) is 19.5. The van der Waals surface area contributed by atoms with E-state index in [9.17, 15) is 9.59 Å². The molecule has 0 aliphatic carbocycles. The summed E-state index contributed by atoms with van der Waals surface area (Å²) >= 11 is 12.1. The molecule has 0 radical (unpaired) electrons. The lowest BCUT2D eigenvalue weighted by Crippen LogP contribution is -2.41. The fraction of sp³-hybridized carbons (Fsp3) is 0.185. The van der Waals surface area contributed by atoms with Gasteiger partial charge in [0, 0.05) is 21.5 Å². The van der Waals surface area contributed by atoms with E-state index in [-0.39, 0.29) is 25.0 Å². The second-order valence-electron chi connectivity index (χ2n) is 7.94. The highest BCUT2D eigenvalue weighted by Gasteiger charge is 2.32. The quantitative estimate of drug-likeness (QED) is 0.275. The summed E-state index contributed by atoms with van der Waals surface area (Å²) < 4.78 is 5.01. The van der Waals surface area contributed by atoms with Crippen LogP contribution in [0.15, 0.2) is 89.0 Å². The lowest BCUT2D eigenvalue weighted by molar-refractivity contribution is -0.141. The lowest BCUT2D eigenvalue weighted by Gasteiger charge is -2.19. The van der Waals surface area contributed by atoms with Crippen LogP contribution in [-0.4, -0.2) is 48.3 Å².